The zero-order valence-corrected chi connectivity index (χ0v) is 15.5. The maximum atomic E-state index is 12.3. The lowest BCUT2D eigenvalue weighted by atomic mass is 9.79. The van der Waals surface area contributed by atoms with Gasteiger partial charge in [0.2, 0.25) is 11.8 Å². The average molecular weight is 382 g/mol. The third-order valence-corrected chi connectivity index (χ3v) is 6.74. The van der Waals surface area contributed by atoms with Gasteiger partial charge in [-0.1, -0.05) is 6.92 Å². The number of carbonyl (C=O) groups is 3. The topological polar surface area (TPSA) is 145 Å². The number of aliphatic hydroxyl groups is 1. The first-order valence-electron chi connectivity index (χ1n) is 8.39. The Kier molecular flexibility index (Phi) is 4.74. The predicted octanol–water partition coefficient (Wildman–Crippen LogP) is -0.883. The van der Waals surface area contributed by atoms with Gasteiger partial charge in [-0.15, -0.1) is 11.8 Å². The van der Waals surface area contributed by atoms with Crippen LogP contribution >= 0.6 is 11.8 Å². The number of rotatable bonds is 5. The number of carboxylic acids is 1. The van der Waals surface area contributed by atoms with Crippen LogP contribution in [0.2, 0.25) is 0 Å². The van der Waals surface area contributed by atoms with Crippen molar-refractivity contribution in [2.75, 3.05) is 7.05 Å². The molecule has 1 saturated heterocycles. The first-order chi connectivity index (χ1) is 12.2. The molecule has 0 aromatic heterocycles. The summed E-state index contributed by atoms with van der Waals surface area (Å²) < 4.78 is 0. The van der Waals surface area contributed by atoms with Crippen LogP contribution in [-0.2, 0) is 14.4 Å². The molecule has 1 unspecified atom stereocenters. The largest absolute Gasteiger partial charge is 0.477 e. The van der Waals surface area contributed by atoms with Crippen molar-refractivity contribution < 1.29 is 24.6 Å². The number of hydrogen-bond donors (Lipinski definition) is 4. The SMILES string of the molecule is CNC(=O)[C@@H]1CC(SC2=C(C(=O)O)N3C(=O)[C@H]([C@@H](C)O)[C@H]3[C@H]2C)C(N)=N1. The molecular formula is C16H22N4O5S. The minimum atomic E-state index is -1.18. The summed E-state index contributed by atoms with van der Waals surface area (Å²) in [6.45, 7) is 3.38. The Bertz CT molecular complexity index is 734. The van der Waals surface area contributed by atoms with Crippen LogP contribution in [-0.4, -0.2) is 69.2 Å². The number of fused-ring (bicyclic) bond motifs is 1. The van der Waals surface area contributed by atoms with E-state index in [-0.39, 0.29) is 34.7 Å². The number of amides is 2. The number of aliphatic carboxylic acids is 1. The standard InChI is InChI=1S/C16H22N4O5S/c1-5-10-9(6(2)21)15(23)20(10)11(16(24)25)12(5)26-8-4-7(14(22)18-3)19-13(8)17/h5-10,21H,4H2,1-3H3,(H2,17,19)(H,18,22)(H,24,25)/t5-,6-,7+,8?,9-,10-/m1/s1. The molecule has 2 amide bonds. The van der Waals surface area contributed by atoms with Crippen LogP contribution < -0.4 is 11.1 Å². The van der Waals surface area contributed by atoms with Crippen LogP contribution in [0.15, 0.2) is 15.6 Å². The Balaban J connectivity index is 1.86. The van der Waals surface area contributed by atoms with Crippen LogP contribution in [0, 0.1) is 11.8 Å². The van der Waals surface area contributed by atoms with Gasteiger partial charge in [-0.2, -0.15) is 0 Å². The second-order valence-electron chi connectivity index (χ2n) is 6.80. The molecule has 5 N–H and O–H groups in total. The molecule has 6 atom stereocenters. The summed E-state index contributed by atoms with van der Waals surface area (Å²) in [4.78, 5) is 41.9. The van der Waals surface area contributed by atoms with Crippen molar-refractivity contribution in [3.63, 3.8) is 0 Å². The number of likely N-dealkylation sites (N-methyl/N-ethyl adjacent to an activating group) is 1. The number of carboxylic acid groups (broad SMARTS) is 1. The highest BCUT2D eigenvalue weighted by Crippen LogP contribution is 2.51. The zero-order chi connectivity index (χ0) is 19.3. The van der Waals surface area contributed by atoms with Crippen LogP contribution in [0.4, 0.5) is 0 Å². The Labute approximate surface area is 154 Å². The number of carbonyl (C=O) groups excluding carboxylic acids is 2. The fourth-order valence-electron chi connectivity index (χ4n) is 3.91. The summed E-state index contributed by atoms with van der Waals surface area (Å²) in [5.41, 5.74) is 5.90. The van der Waals surface area contributed by atoms with E-state index < -0.39 is 24.0 Å². The van der Waals surface area contributed by atoms with E-state index in [1.165, 1.54) is 30.6 Å². The van der Waals surface area contributed by atoms with Crippen molar-refractivity contribution >= 4 is 35.4 Å². The lowest BCUT2D eigenvalue weighted by Gasteiger charge is -2.46. The van der Waals surface area contributed by atoms with Gasteiger partial charge in [-0.25, -0.2) is 4.79 Å². The highest BCUT2D eigenvalue weighted by atomic mass is 32.2. The van der Waals surface area contributed by atoms with E-state index >= 15 is 0 Å². The third-order valence-electron chi connectivity index (χ3n) is 5.20. The van der Waals surface area contributed by atoms with E-state index in [2.05, 4.69) is 10.3 Å². The van der Waals surface area contributed by atoms with Gasteiger partial charge >= 0.3 is 5.97 Å². The molecule has 0 aliphatic carbocycles. The number of aliphatic hydroxyl groups excluding tert-OH is 1. The maximum Gasteiger partial charge on any atom is 0.353 e. The van der Waals surface area contributed by atoms with Crippen molar-refractivity contribution in [1.82, 2.24) is 10.2 Å². The molecule has 9 nitrogen and oxygen atoms in total. The Hall–Kier alpha value is -2.07. The van der Waals surface area contributed by atoms with Crippen molar-refractivity contribution in [3.05, 3.63) is 10.6 Å². The van der Waals surface area contributed by atoms with E-state index in [4.69, 9.17) is 5.73 Å². The van der Waals surface area contributed by atoms with Gasteiger partial charge in [0.05, 0.1) is 23.3 Å². The minimum Gasteiger partial charge on any atom is -0.477 e. The van der Waals surface area contributed by atoms with Gasteiger partial charge in [0.1, 0.15) is 17.6 Å². The number of amidine groups is 1. The summed E-state index contributed by atoms with van der Waals surface area (Å²) in [5, 5.41) is 21.7. The fraction of sp³-hybridized carbons (Fsp3) is 0.625. The molecule has 3 rings (SSSR count). The number of nitrogens with one attached hydrogen (secondary N) is 1. The molecule has 0 aromatic rings. The Morgan fingerprint density at radius 3 is 2.65 bits per heavy atom. The van der Waals surface area contributed by atoms with E-state index in [0.717, 1.165) is 0 Å². The molecule has 0 aromatic carbocycles. The lowest BCUT2D eigenvalue weighted by molar-refractivity contribution is -0.163. The molecule has 0 saturated carbocycles. The second-order valence-corrected chi connectivity index (χ2v) is 8.04. The lowest BCUT2D eigenvalue weighted by Crippen LogP contribution is -2.63. The van der Waals surface area contributed by atoms with Crippen LogP contribution in [0.1, 0.15) is 20.3 Å². The number of thioether (sulfide) groups is 1. The minimum absolute atomic E-state index is 0.0504. The molecule has 3 aliphatic rings. The molecule has 3 aliphatic heterocycles. The van der Waals surface area contributed by atoms with E-state index in [1.54, 1.807) is 0 Å². The Morgan fingerprint density at radius 2 is 2.12 bits per heavy atom. The predicted molar refractivity (Wildman–Crippen MR) is 95.1 cm³/mol. The van der Waals surface area contributed by atoms with Gasteiger partial charge in [0, 0.05) is 17.9 Å². The van der Waals surface area contributed by atoms with Crippen molar-refractivity contribution in [2.24, 2.45) is 22.6 Å². The van der Waals surface area contributed by atoms with Crippen molar-refractivity contribution in [2.45, 2.75) is 43.7 Å². The smallest absolute Gasteiger partial charge is 0.353 e. The number of nitrogens with two attached hydrogens (primary N) is 1. The summed E-state index contributed by atoms with van der Waals surface area (Å²) in [5.74, 6) is -2.35. The maximum absolute atomic E-state index is 12.3. The molecular weight excluding hydrogens is 360 g/mol. The van der Waals surface area contributed by atoms with E-state index in [9.17, 15) is 24.6 Å². The van der Waals surface area contributed by atoms with Crippen molar-refractivity contribution in [1.29, 1.82) is 0 Å². The molecule has 1 fully saturated rings. The molecule has 142 valence electrons. The molecule has 0 radical (unpaired) electrons. The highest BCUT2D eigenvalue weighted by molar-refractivity contribution is 8.04. The monoisotopic (exact) mass is 382 g/mol. The molecule has 10 heteroatoms. The zero-order valence-electron chi connectivity index (χ0n) is 14.7. The van der Waals surface area contributed by atoms with E-state index in [1.807, 2.05) is 6.92 Å². The first-order valence-corrected chi connectivity index (χ1v) is 9.27. The van der Waals surface area contributed by atoms with Gasteiger partial charge in [-0.3, -0.25) is 14.6 Å². The molecule has 0 spiro atoms. The third kappa shape index (κ3) is 2.67. The van der Waals surface area contributed by atoms with E-state index in [0.29, 0.717) is 17.2 Å². The number of β-lactam (4-membered cyclic amide) rings is 1. The summed E-state index contributed by atoms with van der Waals surface area (Å²) in [6.07, 6.45) is -0.473. The normalized spacial score (nSPS) is 34.3. The Morgan fingerprint density at radius 1 is 1.46 bits per heavy atom. The average Bonchev–Trinajstić information content (AvgIpc) is 3.04. The number of hydrogen-bond acceptors (Lipinski definition) is 7. The fourth-order valence-corrected chi connectivity index (χ4v) is 5.33. The van der Waals surface area contributed by atoms with Crippen LogP contribution in [0.25, 0.3) is 0 Å². The number of aliphatic imine (C=N–C) groups is 1. The molecule has 3 heterocycles. The summed E-state index contributed by atoms with van der Waals surface area (Å²) >= 11 is 1.25. The molecule has 26 heavy (non-hydrogen) atoms. The number of nitrogens with zero attached hydrogens (tertiary/aromatic N) is 2. The summed E-state index contributed by atoms with van der Waals surface area (Å²) in [7, 11) is 1.52. The van der Waals surface area contributed by atoms with Crippen molar-refractivity contribution in [3.8, 4) is 0 Å². The second kappa shape index (κ2) is 6.58. The van der Waals surface area contributed by atoms with Gasteiger partial charge < -0.3 is 26.2 Å². The van der Waals surface area contributed by atoms with Crippen LogP contribution in [0.3, 0.4) is 0 Å². The highest BCUT2D eigenvalue weighted by Gasteiger charge is 2.60. The first kappa shape index (κ1) is 18.7. The van der Waals surface area contributed by atoms with Gasteiger partial charge in [-0.05, 0) is 13.3 Å². The summed E-state index contributed by atoms with van der Waals surface area (Å²) in [6, 6.07) is -0.961. The van der Waals surface area contributed by atoms with Crippen LogP contribution in [0.5, 0.6) is 0 Å². The van der Waals surface area contributed by atoms with Gasteiger partial charge in [0.25, 0.3) is 0 Å². The van der Waals surface area contributed by atoms with Gasteiger partial charge in [0.15, 0.2) is 0 Å². The quantitative estimate of drug-likeness (QED) is 0.452. The molecule has 0 bridgehead atoms.